The molecule has 2 rings (SSSR count). The summed E-state index contributed by atoms with van der Waals surface area (Å²) in [5, 5.41) is 4.10. The molecule has 1 heterocycles. The van der Waals surface area contributed by atoms with Crippen LogP contribution in [0.25, 0.3) is 0 Å². The molecule has 0 aliphatic carbocycles. The largest absolute Gasteiger partial charge is 0.312 e. The predicted molar refractivity (Wildman–Crippen MR) is 79.4 cm³/mol. The minimum atomic E-state index is -0.174. The molecule has 1 aromatic carbocycles. The van der Waals surface area contributed by atoms with Crippen molar-refractivity contribution in [3.8, 4) is 0 Å². The van der Waals surface area contributed by atoms with Gasteiger partial charge in [0.2, 0.25) is 0 Å². The third-order valence-electron chi connectivity index (χ3n) is 2.58. The molecule has 0 amide bonds. The molecule has 0 bridgehead atoms. The summed E-state index contributed by atoms with van der Waals surface area (Å²) >= 11 is 7.50. The van der Waals surface area contributed by atoms with Gasteiger partial charge in [0.25, 0.3) is 0 Å². The zero-order valence-corrected chi connectivity index (χ0v) is 12.6. The molecule has 1 saturated heterocycles. The topological polar surface area (TPSA) is 12.0 Å². The molecule has 0 spiro atoms. The molecule has 5 heteroatoms. The Labute approximate surface area is 118 Å². The molecule has 1 aliphatic heterocycles. The Morgan fingerprint density at radius 3 is 3.06 bits per heavy atom. The molecule has 94 valence electrons. The summed E-state index contributed by atoms with van der Waals surface area (Å²) in [5.41, 5.74) is 0.985. The van der Waals surface area contributed by atoms with Gasteiger partial charge in [0.1, 0.15) is 5.82 Å². The third-order valence-corrected chi connectivity index (χ3v) is 6.20. The van der Waals surface area contributed by atoms with Crippen molar-refractivity contribution in [3.63, 3.8) is 0 Å². The first-order valence-corrected chi connectivity index (χ1v) is 8.59. The molecule has 1 N–H and O–H groups in total. The normalized spacial score (nSPS) is 20.5. The fourth-order valence-electron chi connectivity index (χ4n) is 1.70. The van der Waals surface area contributed by atoms with Crippen LogP contribution < -0.4 is 5.32 Å². The molecule has 1 fully saturated rings. The lowest BCUT2D eigenvalue weighted by atomic mass is 10.2. The van der Waals surface area contributed by atoms with Gasteiger partial charge in [-0.25, -0.2) is 4.39 Å². The molecule has 0 aromatic heterocycles. The maximum absolute atomic E-state index is 13.1. The van der Waals surface area contributed by atoms with Crippen LogP contribution in [0.5, 0.6) is 0 Å². The first kappa shape index (κ1) is 13.7. The number of nitrogens with one attached hydrogen (secondary N) is 1. The van der Waals surface area contributed by atoms with E-state index in [-0.39, 0.29) is 5.82 Å². The van der Waals surface area contributed by atoms with Crippen molar-refractivity contribution in [3.05, 3.63) is 34.1 Å². The fourth-order valence-corrected chi connectivity index (χ4v) is 4.73. The average molecular weight is 336 g/mol. The van der Waals surface area contributed by atoms with Crippen LogP contribution in [-0.4, -0.2) is 29.1 Å². The number of rotatable bonds is 4. The number of hydrogen-bond acceptors (Lipinski definition) is 3. The second kappa shape index (κ2) is 7.02. The van der Waals surface area contributed by atoms with E-state index in [4.69, 9.17) is 0 Å². The lowest BCUT2D eigenvalue weighted by Gasteiger charge is -2.21. The highest BCUT2D eigenvalue weighted by molar-refractivity contribution is 9.10. The predicted octanol–water partition coefficient (Wildman–Crippen LogP) is 3.53. The van der Waals surface area contributed by atoms with E-state index in [1.165, 1.54) is 23.3 Å². The summed E-state index contributed by atoms with van der Waals surface area (Å²) in [5.74, 6) is 3.58. The number of hydrogen-bond donors (Lipinski definition) is 1. The van der Waals surface area contributed by atoms with Gasteiger partial charge in [0, 0.05) is 40.1 Å². The van der Waals surface area contributed by atoms with E-state index in [2.05, 4.69) is 21.2 Å². The van der Waals surface area contributed by atoms with Gasteiger partial charge in [-0.2, -0.15) is 23.5 Å². The van der Waals surface area contributed by atoms with Crippen LogP contribution >= 0.6 is 39.5 Å². The van der Waals surface area contributed by atoms with Crippen molar-refractivity contribution >= 4 is 39.5 Å². The van der Waals surface area contributed by atoms with E-state index in [0.29, 0.717) is 5.25 Å². The van der Waals surface area contributed by atoms with Crippen LogP contribution in [0, 0.1) is 5.82 Å². The van der Waals surface area contributed by atoms with E-state index < -0.39 is 0 Å². The Kier molecular flexibility index (Phi) is 5.66. The van der Waals surface area contributed by atoms with Gasteiger partial charge in [0.05, 0.1) is 0 Å². The monoisotopic (exact) mass is 335 g/mol. The third kappa shape index (κ3) is 4.47. The van der Waals surface area contributed by atoms with Gasteiger partial charge in [-0.15, -0.1) is 0 Å². The van der Waals surface area contributed by atoms with Crippen LogP contribution in [0.2, 0.25) is 0 Å². The SMILES string of the molecule is Fc1ccc(Br)c(CNCC2CSCCS2)c1. The Hall–Kier alpha value is 0.290. The molecule has 1 atom stereocenters. The zero-order chi connectivity index (χ0) is 12.1. The van der Waals surface area contributed by atoms with Gasteiger partial charge in [0.15, 0.2) is 0 Å². The number of halogens is 2. The van der Waals surface area contributed by atoms with E-state index >= 15 is 0 Å². The quantitative estimate of drug-likeness (QED) is 0.903. The lowest BCUT2D eigenvalue weighted by Crippen LogP contribution is -2.28. The van der Waals surface area contributed by atoms with Crippen LogP contribution in [0.15, 0.2) is 22.7 Å². The van der Waals surface area contributed by atoms with Crippen molar-refractivity contribution < 1.29 is 4.39 Å². The van der Waals surface area contributed by atoms with Gasteiger partial charge in [-0.05, 0) is 23.8 Å². The molecule has 0 radical (unpaired) electrons. The van der Waals surface area contributed by atoms with Crippen molar-refractivity contribution in [1.82, 2.24) is 5.32 Å². The highest BCUT2D eigenvalue weighted by Gasteiger charge is 2.13. The standard InChI is InChI=1S/C12H15BrFNS2/c13-12-2-1-10(14)5-9(12)6-15-7-11-8-16-3-4-17-11/h1-2,5,11,15H,3-4,6-8H2. The molecular formula is C12H15BrFNS2. The molecule has 0 saturated carbocycles. The Morgan fingerprint density at radius 2 is 2.29 bits per heavy atom. The minimum Gasteiger partial charge on any atom is -0.312 e. The van der Waals surface area contributed by atoms with Crippen molar-refractivity contribution in [1.29, 1.82) is 0 Å². The molecular weight excluding hydrogens is 321 g/mol. The van der Waals surface area contributed by atoms with Gasteiger partial charge in [-0.1, -0.05) is 15.9 Å². The summed E-state index contributed by atoms with van der Waals surface area (Å²) in [7, 11) is 0. The molecule has 1 aliphatic rings. The van der Waals surface area contributed by atoms with E-state index in [1.807, 2.05) is 23.5 Å². The molecule has 1 aromatic rings. The smallest absolute Gasteiger partial charge is 0.123 e. The summed E-state index contributed by atoms with van der Waals surface area (Å²) in [6.45, 7) is 1.72. The van der Waals surface area contributed by atoms with E-state index in [0.717, 1.165) is 23.1 Å². The van der Waals surface area contributed by atoms with E-state index in [9.17, 15) is 4.39 Å². The molecule has 17 heavy (non-hydrogen) atoms. The Bertz CT molecular complexity index is 370. The van der Waals surface area contributed by atoms with Crippen molar-refractivity contribution in [2.45, 2.75) is 11.8 Å². The van der Waals surface area contributed by atoms with Gasteiger partial charge >= 0.3 is 0 Å². The summed E-state index contributed by atoms with van der Waals surface area (Å²) in [6.07, 6.45) is 0. The lowest BCUT2D eigenvalue weighted by molar-refractivity contribution is 0.619. The highest BCUT2D eigenvalue weighted by atomic mass is 79.9. The number of thioether (sulfide) groups is 2. The Balaban J connectivity index is 1.79. The summed E-state index contributed by atoms with van der Waals surface area (Å²) < 4.78 is 14.0. The maximum atomic E-state index is 13.1. The Morgan fingerprint density at radius 1 is 1.41 bits per heavy atom. The van der Waals surface area contributed by atoms with Crippen LogP contribution in [0.4, 0.5) is 4.39 Å². The van der Waals surface area contributed by atoms with Crippen LogP contribution in [-0.2, 0) is 6.54 Å². The molecule has 1 unspecified atom stereocenters. The highest BCUT2D eigenvalue weighted by Crippen LogP contribution is 2.23. The average Bonchev–Trinajstić information content (AvgIpc) is 2.35. The van der Waals surface area contributed by atoms with Crippen molar-refractivity contribution in [2.75, 3.05) is 23.8 Å². The minimum absolute atomic E-state index is 0.174. The van der Waals surface area contributed by atoms with Crippen LogP contribution in [0.1, 0.15) is 5.56 Å². The summed E-state index contributed by atoms with van der Waals surface area (Å²) in [4.78, 5) is 0. The fraction of sp³-hybridized carbons (Fsp3) is 0.500. The molecule has 1 nitrogen and oxygen atoms in total. The second-order valence-electron chi connectivity index (χ2n) is 3.93. The zero-order valence-electron chi connectivity index (χ0n) is 9.42. The van der Waals surface area contributed by atoms with Crippen LogP contribution in [0.3, 0.4) is 0 Å². The first-order chi connectivity index (χ1) is 8.25. The van der Waals surface area contributed by atoms with Gasteiger partial charge < -0.3 is 5.32 Å². The number of benzene rings is 1. The first-order valence-electron chi connectivity index (χ1n) is 5.59. The van der Waals surface area contributed by atoms with Gasteiger partial charge in [-0.3, -0.25) is 0 Å². The summed E-state index contributed by atoms with van der Waals surface area (Å²) in [6, 6.07) is 4.82. The second-order valence-corrected chi connectivity index (χ2v) is 7.35. The van der Waals surface area contributed by atoms with Crippen molar-refractivity contribution in [2.24, 2.45) is 0 Å². The maximum Gasteiger partial charge on any atom is 0.123 e. The van der Waals surface area contributed by atoms with E-state index in [1.54, 1.807) is 12.1 Å².